The van der Waals surface area contributed by atoms with Crippen LogP contribution in [0.2, 0.25) is 0 Å². The Bertz CT molecular complexity index is 1360. The van der Waals surface area contributed by atoms with Crippen molar-refractivity contribution in [3.05, 3.63) is 78.6 Å². The normalized spacial score (nSPS) is 10.9. The minimum Gasteiger partial charge on any atom is -0.497 e. The van der Waals surface area contributed by atoms with E-state index in [-0.39, 0.29) is 0 Å². The van der Waals surface area contributed by atoms with E-state index in [0.29, 0.717) is 17.5 Å². The average molecular weight is 408 g/mol. The molecule has 0 spiro atoms. The Morgan fingerprint density at radius 2 is 1.84 bits per heavy atom. The lowest BCUT2D eigenvalue weighted by Crippen LogP contribution is -2.00. The van der Waals surface area contributed by atoms with Gasteiger partial charge in [0.2, 0.25) is 0 Å². The summed E-state index contributed by atoms with van der Waals surface area (Å²) in [5, 5.41) is 11.7. The van der Waals surface area contributed by atoms with Crippen LogP contribution in [0.1, 0.15) is 5.56 Å². The largest absolute Gasteiger partial charge is 0.497 e. The molecule has 0 radical (unpaired) electrons. The summed E-state index contributed by atoms with van der Waals surface area (Å²) in [6, 6.07) is 19.8. The predicted molar refractivity (Wildman–Crippen MR) is 121 cm³/mol. The molecule has 0 atom stereocenters. The number of methoxy groups -OCH3 is 1. The number of aromatic amines is 1. The van der Waals surface area contributed by atoms with Gasteiger partial charge in [-0.2, -0.15) is 5.10 Å². The van der Waals surface area contributed by atoms with Gasteiger partial charge in [-0.1, -0.05) is 23.8 Å². The molecule has 0 aliphatic heterocycles. The van der Waals surface area contributed by atoms with Crippen molar-refractivity contribution in [3.63, 3.8) is 0 Å². The molecule has 5 aromatic rings. The molecule has 3 heterocycles. The van der Waals surface area contributed by atoms with Gasteiger partial charge >= 0.3 is 0 Å². The molecule has 0 bridgehead atoms. The van der Waals surface area contributed by atoms with E-state index in [9.17, 15) is 0 Å². The van der Waals surface area contributed by atoms with Crippen molar-refractivity contribution in [2.24, 2.45) is 0 Å². The van der Waals surface area contributed by atoms with Crippen LogP contribution in [0.4, 0.5) is 11.6 Å². The second-order valence-electron chi connectivity index (χ2n) is 7.18. The topological polar surface area (TPSA) is 88.6 Å². The van der Waals surface area contributed by atoms with Crippen molar-refractivity contribution < 1.29 is 4.74 Å². The number of anilines is 2. The van der Waals surface area contributed by atoms with E-state index in [2.05, 4.69) is 45.6 Å². The summed E-state index contributed by atoms with van der Waals surface area (Å²) in [7, 11) is 1.64. The van der Waals surface area contributed by atoms with Crippen LogP contribution in [0.3, 0.4) is 0 Å². The molecule has 2 aromatic carbocycles. The van der Waals surface area contributed by atoms with Gasteiger partial charge in [-0.3, -0.25) is 10.1 Å². The van der Waals surface area contributed by atoms with Crippen LogP contribution in [0, 0.1) is 6.92 Å². The van der Waals surface area contributed by atoms with E-state index in [1.165, 1.54) is 5.56 Å². The van der Waals surface area contributed by atoms with Crippen LogP contribution in [0.5, 0.6) is 5.75 Å². The van der Waals surface area contributed by atoms with Gasteiger partial charge in [0.1, 0.15) is 11.6 Å². The fourth-order valence-corrected chi connectivity index (χ4v) is 3.42. The van der Waals surface area contributed by atoms with E-state index >= 15 is 0 Å². The maximum atomic E-state index is 5.40. The molecular formula is C24H20N6O. The number of ether oxygens (including phenoxy) is 1. The molecular weight excluding hydrogens is 388 g/mol. The Labute approximate surface area is 179 Å². The van der Waals surface area contributed by atoms with Gasteiger partial charge in [0.25, 0.3) is 0 Å². The second kappa shape index (κ2) is 7.87. The Kier molecular flexibility index (Phi) is 4.76. The molecule has 3 aromatic heterocycles. The molecule has 152 valence electrons. The van der Waals surface area contributed by atoms with Crippen LogP contribution < -0.4 is 10.1 Å². The number of benzene rings is 2. The summed E-state index contributed by atoms with van der Waals surface area (Å²) >= 11 is 0. The number of nitrogens with one attached hydrogen (secondary N) is 2. The third kappa shape index (κ3) is 3.81. The first-order valence-electron chi connectivity index (χ1n) is 9.85. The number of hydrogen-bond acceptors (Lipinski definition) is 6. The highest BCUT2D eigenvalue weighted by atomic mass is 16.5. The number of fused-ring (bicyclic) bond motifs is 1. The molecule has 31 heavy (non-hydrogen) atoms. The Balaban J connectivity index is 1.58. The minimum atomic E-state index is 0.586. The molecule has 7 heteroatoms. The van der Waals surface area contributed by atoms with Gasteiger partial charge in [0.15, 0.2) is 11.6 Å². The number of nitrogens with zero attached hydrogens (tertiary/aromatic N) is 4. The number of H-pyrrole nitrogens is 1. The lowest BCUT2D eigenvalue weighted by Gasteiger charge is -2.10. The zero-order chi connectivity index (χ0) is 21.2. The molecule has 5 rings (SSSR count). The Morgan fingerprint density at radius 1 is 0.935 bits per heavy atom. The van der Waals surface area contributed by atoms with Crippen LogP contribution in [-0.2, 0) is 0 Å². The van der Waals surface area contributed by atoms with Gasteiger partial charge in [-0.05, 0) is 48.9 Å². The molecule has 2 N–H and O–H groups in total. The maximum Gasteiger partial charge on any atom is 0.163 e. The molecule has 0 amide bonds. The summed E-state index contributed by atoms with van der Waals surface area (Å²) in [6.45, 7) is 2.07. The number of aromatic nitrogens is 5. The predicted octanol–water partition coefficient (Wildman–Crippen LogP) is 5.14. The molecule has 0 saturated heterocycles. The molecule has 0 aliphatic rings. The quantitative estimate of drug-likeness (QED) is 0.418. The SMILES string of the molecule is COc1ccc2nc(-c3cccnc3)nc(Nc3cc(-c4cccc(C)c4)[nH]n3)c2c1. The molecule has 0 aliphatic carbocycles. The van der Waals surface area contributed by atoms with Crippen molar-refractivity contribution >= 4 is 22.5 Å². The highest BCUT2D eigenvalue weighted by Crippen LogP contribution is 2.30. The molecule has 0 unspecified atom stereocenters. The standard InChI is InChI=1S/C24H20N6O/c1-15-5-3-6-16(11-15)21-13-22(30-29-21)27-24-19-12-18(31-2)8-9-20(19)26-23(28-24)17-7-4-10-25-14-17/h3-14H,1-2H3,(H2,26,27,28,29,30). The second-order valence-corrected chi connectivity index (χ2v) is 7.18. The summed E-state index contributed by atoms with van der Waals surface area (Å²) < 4.78 is 5.40. The van der Waals surface area contributed by atoms with Gasteiger partial charge in [0, 0.05) is 29.4 Å². The van der Waals surface area contributed by atoms with Crippen molar-refractivity contribution in [2.45, 2.75) is 6.92 Å². The van der Waals surface area contributed by atoms with Crippen molar-refractivity contribution in [1.82, 2.24) is 25.1 Å². The Hall–Kier alpha value is -4.26. The van der Waals surface area contributed by atoms with E-state index in [4.69, 9.17) is 14.7 Å². The number of rotatable bonds is 5. The first kappa shape index (κ1) is 18.7. The van der Waals surface area contributed by atoms with Gasteiger partial charge in [0.05, 0.1) is 18.3 Å². The summed E-state index contributed by atoms with van der Waals surface area (Å²) in [6.07, 6.45) is 3.48. The lowest BCUT2D eigenvalue weighted by molar-refractivity contribution is 0.415. The smallest absolute Gasteiger partial charge is 0.163 e. The first-order valence-corrected chi connectivity index (χ1v) is 9.85. The van der Waals surface area contributed by atoms with E-state index in [0.717, 1.165) is 33.5 Å². The van der Waals surface area contributed by atoms with E-state index in [1.807, 2.05) is 42.5 Å². The summed E-state index contributed by atoms with van der Waals surface area (Å²) in [5.41, 5.74) is 4.83. The highest BCUT2D eigenvalue weighted by Gasteiger charge is 2.13. The van der Waals surface area contributed by atoms with Gasteiger partial charge in [-0.25, -0.2) is 9.97 Å². The van der Waals surface area contributed by atoms with Crippen LogP contribution in [-0.4, -0.2) is 32.3 Å². The first-order chi connectivity index (χ1) is 15.2. The zero-order valence-corrected chi connectivity index (χ0v) is 17.1. The number of pyridine rings is 1. The third-order valence-corrected chi connectivity index (χ3v) is 4.98. The molecule has 0 saturated carbocycles. The van der Waals surface area contributed by atoms with Crippen LogP contribution in [0.15, 0.2) is 73.1 Å². The van der Waals surface area contributed by atoms with Gasteiger partial charge < -0.3 is 10.1 Å². The fraction of sp³-hybridized carbons (Fsp3) is 0.0833. The van der Waals surface area contributed by atoms with E-state index in [1.54, 1.807) is 19.5 Å². The Morgan fingerprint density at radius 3 is 2.65 bits per heavy atom. The summed E-state index contributed by atoms with van der Waals surface area (Å²) in [5.74, 6) is 2.62. The maximum absolute atomic E-state index is 5.40. The van der Waals surface area contributed by atoms with Crippen LogP contribution in [0.25, 0.3) is 33.5 Å². The van der Waals surface area contributed by atoms with E-state index < -0.39 is 0 Å². The third-order valence-electron chi connectivity index (χ3n) is 4.98. The molecule has 7 nitrogen and oxygen atoms in total. The number of aryl methyl sites for hydroxylation is 1. The van der Waals surface area contributed by atoms with Crippen molar-refractivity contribution in [2.75, 3.05) is 12.4 Å². The monoisotopic (exact) mass is 408 g/mol. The highest BCUT2D eigenvalue weighted by molar-refractivity contribution is 5.93. The minimum absolute atomic E-state index is 0.586. The van der Waals surface area contributed by atoms with Crippen molar-refractivity contribution in [1.29, 1.82) is 0 Å². The fourth-order valence-electron chi connectivity index (χ4n) is 3.42. The van der Waals surface area contributed by atoms with Gasteiger partial charge in [-0.15, -0.1) is 0 Å². The number of hydrogen-bond donors (Lipinski definition) is 2. The molecule has 0 fully saturated rings. The van der Waals surface area contributed by atoms with Crippen molar-refractivity contribution in [3.8, 4) is 28.4 Å². The summed E-state index contributed by atoms with van der Waals surface area (Å²) in [4.78, 5) is 13.7. The average Bonchev–Trinajstić information content (AvgIpc) is 3.28. The zero-order valence-electron chi connectivity index (χ0n) is 17.1. The van der Waals surface area contributed by atoms with Crippen LogP contribution >= 0.6 is 0 Å². The lowest BCUT2D eigenvalue weighted by atomic mass is 10.1.